The van der Waals surface area contributed by atoms with E-state index in [0.29, 0.717) is 12.6 Å². The van der Waals surface area contributed by atoms with Crippen molar-refractivity contribution in [1.29, 1.82) is 0 Å². The highest BCUT2D eigenvalue weighted by molar-refractivity contribution is 4.50. The monoisotopic (exact) mass is 219 g/mol. The zero-order valence-corrected chi connectivity index (χ0v) is 10.6. The molecule has 0 aliphatic rings. The molecule has 1 N–H and O–H groups in total. The van der Waals surface area contributed by atoms with Gasteiger partial charge in [0.15, 0.2) is 0 Å². The Morgan fingerprint density at radius 1 is 1.00 bits per heavy atom. The minimum atomic E-state index is 0. The molecule has 0 atom stereocenters. The van der Waals surface area contributed by atoms with Gasteiger partial charge >= 0.3 is 0 Å². The van der Waals surface area contributed by atoms with Crippen molar-refractivity contribution < 1.29 is 10.9 Å². The maximum atomic E-state index is 5.42. The second kappa shape index (κ2) is 12.0. The summed E-state index contributed by atoms with van der Waals surface area (Å²) in [4.78, 5) is 0. The molecular formula is C12H29NO2. The molecule has 0 aromatic heterocycles. The third kappa shape index (κ3) is 13.9. The van der Waals surface area contributed by atoms with Crippen molar-refractivity contribution >= 4 is 0 Å². The first-order valence-electron chi connectivity index (χ1n) is 6.16. The summed E-state index contributed by atoms with van der Waals surface area (Å²) >= 11 is 0. The van der Waals surface area contributed by atoms with Crippen LogP contribution in [0.1, 0.15) is 41.5 Å². The van der Waals surface area contributed by atoms with Crippen LogP contribution in [0.2, 0.25) is 0 Å². The average molecular weight is 219 g/mol. The molecule has 0 aromatic carbocycles. The molecule has 0 amide bonds. The molecule has 3 heteroatoms. The minimum absolute atomic E-state index is 0. The van der Waals surface area contributed by atoms with Crippen LogP contribution >= 0.6 is 0 Å². The molecule has 94 valence electrons. The molecule has 0 heterocycles. The minimum Gasteiger partial charge on any atom is -0.379 e. The maximum Gasteiger partial charge on any atom is 0.0701 e. The number of ether oxygens (including phenoxy) is 2. The van der Waals surface area contributed by atoms with E-state index in [2.05, 4.69) is 26.1 Å². The number of rotatable bonds is 11. The normalized spacial score (nSPS) is 11.2. The van der Waals surface area contributed by atoms with Gasteiger partial charge in [-0.05, 0) is 6.42 Å². The van der Waals surface area contributed by atoms with Gasteiger partial charge in [-0.15, -0.1) is 0 Å². The molecule has 0 radical (unpaired) electrons. The van der Waals surface area contributed by atoms with Crippen molar-refractivity contribution in [3.05, 3.63) is 0 Å². The van der Waals surface area contributed by atoms with Gasteiger partial charge in [0.25, 0.3) is 0 Å². The van der Waals surface area contributed by atoms with Crippen molar-refractivity contribution in [3.63, 3.8) is 0 Å². The van der Waals surface area contributed by atoms with Crippen LogP contribution in [-0.2, 0) is 9.47 Å². The largest absolute Gasteiger partial charge is 0.379 e. The first kappa shape index (κ1) is 14.9. The maximum absolute atomic E-state index is 5.42. The predicted octanol–water partition coefficient (Wildman–Crippen LogP) is 2.45. The SMILES string of the molecule is CCCCCOCCOCCNC(C)C.[HH]. The van der Waals surface area contributed by atoms with Gasteiger partial charge < -0.3 is 14.8 Å². The number of hydrogen-bond acceptors (Lipinski definition) is 3. The molecule has 15 heavy (non-hydrogen) atoms. The summed E-state index contributed by atoms with van der Waals surface area (Å²) in [5, 5.41) is 3.30. The summed E-state index contributed by atoms with van der Waals surface area (Å²) in [5.41, 5.74) is 0. The van der Waals surface area contributed by atoms with Gasteiger partial charge in [0.1, 0.15) is 0 Å². The molecule has 0 aromatic rings. The summed E-state index contributed by atoms with van der Waals surface area (Å²) in [6, 6.07) is 0.541. The van der Waals surface area contributed by atoms with E-state index in [0.717, 1.165) is 26.4 Å². The lowest BCUT2D eigenvalue weighted by Gasteiger charge is -2.08. The van der Waals surface area contributed by atoms with Crippen molar-refractivity contribution in [1.82, 2.24) is 5.32 Å². The molecule has 0 aliphatic heterocycles. The molecule has 0 saturated carbocycles. The molecule has 0 saturated heterocycles. The van der Waals surface area contributed by atoms with Crippen LogP contribution in [0, 0.1) is 0 Å². The quantitative estimate of drug-likeness (QED) is 0.541. The Morgan fingerprint density at radius 3 is 2.27 bits per heavy atom. The van der Waals surface area contributed by atoms with E-state index in [9.17, 15) is 0 Å². The van der Waals surface area contributed by atoms with Crippen LogP contribution in [0.15, 0.2) is 0 Å². The molecule has 0 spiro atoms. The molecule has 0 bridgehead atoms. The summed E-state index contributed by atoms with van der Waals surface area (Å²) in [6.45, 7) is 10.5. The Balaban J connectivity index is 0. The van der Waals surface area contributed by atoms with E-state index in [4.69, 9.17) is 9.47 Å². The van der Waals surface area contributed by atoms with Gasteiger partial charge in [-0.25, -0.2) is 0 Å². The van der Waals surface area contributed by atoms with Crippen molar-refractivity contribution in [2.24, 2.45) is 0 Å². The highest BCUT2D eigenvalue weighted by Crippen LogP contribution is 1.93. The van der Waals surface area contributed by atoms with Gasteiger partial charge in [-0.2, -0.15) is 0 Å². The van der Waals surface area contributed by atoms with Crippen LogP contribution in [0.25, 0.3) is 0 Å². The topological polar surface area (TPSA) is 30.5 Å². The Morgan fingerprint density at radius 2 is 1.67 bits per heavy atom. The van der Waals surface area contributed by atoms with Crippen molar-refractivity contribution in [2.45, 2.75) is 46.1 Å². The van der Waals surface area contributed by atoms with Gasteiger partial charge in [-0.1, -0.05) is 33.6 Å². The number of hydrogen-bond donors (Lipinski definition) is 1. The summed E-state index contributed by atoms with van der Waals surface area (Å²) in [5.74, 6) is 0. The van der Waals surface area contributed by atoms with Crippen LogP contribution in [0.4, 0.5) is 0 Å². The number of nitrogens with one attached hydrogen (secondary N) is 1. The lowest BCUT2D eigenvalue weighted by molar-refractivity contribution is 0.0471. The van der Waals surface area contributed by atoms with Crippen LogP contribution in [-0.4, -0.2) is 39.0 Å². The molecule has 0 fully saturated rings. The highest BCUT2D eigenvalue weighted by Gasteiger charge is 1.92. The van der Waals surface area contributed by atoms with Crippen molar-refractivity contribution in [3.8, 4) is 0 Å². The van der Waals surface area contributed by atoms with Gasteiger partial charge in [0, 0.05) is 20.6 Å². The molecule has 0 unspecified atom stereocenters. The third-order valence-electron chi connectivity index (χ3n) is 2.06. The predicted molar refractivity (Wildman–Crippen MR) is 66.4 cm³/mol. The molecule has 0 rings (SSSR count). The van der Waals surface area contributed by atoms with Crippen LogP contribution < -0.4 is 5.32 Å². The Labute approximate surface area is 96.0 Å². The van der Waals surface area contributed by atoms with E-state index in [1.165, 1.54) is 19.3 Å². The van der Waals surface area contributed by atoms with E-state index in [-0.39, 0.29) is 1.43 Å². The highest BCUT2D eigenvalue weighted by atomic mass is 16.5. The summed E-state index contributed by atoms with van der Waals surface area (Å²) in [6.07, 6.45) is 3.69. The lowest BCUT2D eigenvalue weighted by atomic mass is 10.3. The fourth-order valence-corrected chi connectivity index (χ4v) is 1.20. The standard InChI is InChI=1S/C12H27NO2.H2/c1-4-5-6-8-14-10-11-15-9-7-13-12(2)3;/h12-13H,4-11H2,1-3H3;1H. The molecular weight excluding hydrogens is 190 g/mol. The second-order valence-corrected chi connectivity index (χ2v) is 4.04. The van der Waals surface area contributed by atoms with Gasteiger partial charge in [0.05, 0.1) is 19.8 Å². The zero-order chi connectivity index (χ0) is 11.4. The van der Waals surface area contributed by atoms with Gasteiger partial charge in [-0.3, -0.25) is 0 Å². The summed E-state index contributed by atoms with van der Waals surface area (Å²) < 4.78 is 10.8. The van der Waals surface area contributed by atoms with Gasteiger partial charge in [0.2, 0.25) is 0 Å². The van der Waals surface area contributed by atoms with Crippen LogP contribution in [0.5, 0.6) is 0 Å². The van der Waals surface area contributed by atoms with Crippen LogP contribution in [0.3, 0.4) is 0 Å². The first-order chi connectivity index (χ1) is 7.27. The van der Waals surface area contributed by atoms with E-state index < -0.39 is 0 Å². The Hall–Kier alpha value is -0.120. The first-order valence-corrected chi connectivity index (χ1v) is 6.16. The Bertz CT molecular complexity index is 124. The fourth-order valence-electron chi connectivity index (χ4n) is 1.20. The zero-order valence-electron chi connectivity index (χ0n) is 10.6. The van der Waals surface area contributed by atoms with E-state index >= 15 is 0 Å². The molecule has 0 aliphatic carbocycles. The fraction of sp³-hybridized carbons (Fsp3) is 1.00. The van der Waals surface area contributed by atoms with E-state index in [1.54, 1.807) is 0 Å². The van der Waals surface area contributed by atoms with Crippen molar-refractivity contribution in [2.75, 3.05) is 33.0 Å². The average Bonchev–Trinajstić information content (AvgIpc) is 2.20. The Kier molecular flexibility index (Phi) is 11.9. The van der Waals surface area contributed by atoms with E-state index in [1.807, 2.05) is 0 Å². The smallest absolute Gasteiger partial charge is 0.0701 e. The molecule has 3 nitrogen and oxygen atoms in total. The lowest BCUT2D eigenvalue weighted by Crippen LogP contribution is -2.27. The second-order valence-electron chi connectivity index (χ2n) is 4.04. The number of unbranched alkanes of at least 4 members (excludes halogenated alkanes) is 2. The third-order valence-corrected chi connectivity index (χ3v) is 2.06. The summed E-state index contributed by atoms with van der Waals surface area (Å²) in [7, 11) is 0.